The molecule has 0 saturated carbocycles. The van der Waals surface area contributed by atoms with E-state index < -0.39 is 0 Å². The van der Waals surface area contributed by atoms with Crippen LogP contribution in [0.1, 0.15) is 25.3 Å². The average molecular weight is 205 g/mol. The predicted octanol–water partition coefficient (Wildman–Crippen LogP) is 1.77. The van der Waals surface area contributed by atoms with E-state index in [4.69, 9.17) is 0 Å². The fraction of sp³-hybridized carbons (Fsp3) is 0.333. The number of aromatic nitrogens is 1. The molecule has 3 nitrogen and oxygen atoms in total. The molecule has 0 atom stereocenters. The molecule has 0 N–H and O–H groups in total. The standard InChI is InChI=1S/C12H15NO2/c1-3-4-11(14)6-5-10-7-8-13(2)12(15)9-10/h5-9H,3-4H2,1-2H3/b6-5+. The van der Waals surface area contributed by atoms with Crippen molar-refractivity contribution >= 4 is 11.9 Å². The second kappa shape index (κ2) is 5.29. The minimum atomic E-state index is -0.0694. The Morgan fingerprint density at radius 1 is 1.53 bits per heavy atom. The van der Waals surface area contributed by atoms with Gasteiger partial charge in [-0.1, -0.05) is 13.0 Å². The largest absolute Gasteiger partial charge is 0.319 e. The van der Waals surface area contributed by atoms with Crippen LogP contribution < -0.4 is 5.56 Å². The Morgan fingerprint density at radius 2 is 2.27 bits per heavy atom. The average Bonchev–Trinajstić information content (AvgIpc) is 2.20. The molecule has 1 aromatic heterocycles. The number of nitrogens with zero attached hydrogens (tertiary/aromatic N) is 1. The van der Waals surface area contributed by atoms with Gasteiger partial charge in [0.25, 0.3) is 5.56 Å². The molecule has 15 heavy (non-hydrogen) atoms. The van der Waals surface area contributed by atoms with Crippen LogP contribution in [0.2, 0.25) is 0 Å². The van der Waals surface area contributed by atoms with E-state index >= 15 is 0 Å². The van der Waals surface area contributed by atoms with Crippen LogP contribution in [0.4, 0.5) is 0 Å². The zero-order chi connectivity index (χ0) is 11.3. The van der Waals surface area contributed by atoms with Gasteiger partial charge in [0.1, 0.15) is 0 Å². The second-order valence-corrected chi connectivity index (χ2v) is 3.46. The number of pyridine rings is 1. The van der Waals surface area contributed by atoms with E-state index in [1.54, 1.807) is 25.4 Å². The summed E-state index contributed by atoms with van der Waals surface area (Å²) in [6.45, 7) is 1.96. The fourth-order valence-electron chi connectivity index (χ4n) is 1.19. The summed E-state index contributed by atoms with van der Waals surface area (Å²) in [7, 11) is 1.69. The summed E-state index contributed by atoms with van der Waals surface area (Å²) in [4.78, 5) is 22.5. The van der Waals surface area contributed by atoms with Gasteiger partial charge in [0.2, 0.25) is 0 Å². The molecule has 1 rings (SSSR count). The van der Waals surface area contributed by atoms with E-state index in [9.17, 15) is 9.59 Å². The Bertz CT molecular complexity index is 429. The van der Waals surface area contributed by atoms with E-state index in [1.165, 1.54) is 16.7 Å². The molecule has 80 valence electrons. The van der Waals surface area contributed by atoms with E-state index in [0.717, 1.165) is 12.0 Å². The summed E-state index contributed by atoms with van der Waals surface area (Å²) in [6, 6.07) is 3.31. The van der Waals surface area contributed by atoms with E-state index in [1.807, 2.05) is 6.92 Å². The van der Waals surface area contributed by atoms with Gasteiger partial charge in [0.15, 0.2) is 5.78 Å². The number of allylic oxidation sites excluding steroid dienone is 1. The summed E-state index contributed by atoms with van der Waals surface area (Å²) in [5.41, 5.74) is 0.697. The maximum Gasteiger partial charge on any atom is 0.250 e. The fourth-order valence-corrected chi connectivity index (χ4v) is 1.19. The summed E-state index contributed by atoms with van der Waals surface area (Å²) < 4.78 is 1.49. The van der Waals surface area contributed by atoms with Crippen LogP contribution in [0.5, 0.6) is 0 Å². The number of hydrogen-bond acceptors (Lipinski definition) is 2. The zero-order valence-corrected chi connectivity index (χ0v) is 9.06. The molecule has 0 bridgehead atoms. The smallest absolute Gasteiger partial charge is 0.250 e. The lowest BCUT2D eigenvalue weighted by atomic mass is 10.2. The Kier molecular flexibility index (Phi) is 4.03. The monoisotopic (exact) mass is 205 g/mol. The van der Waals surface area contributed by atoms with Crippen molar-refractivity contribution < 1.29 is 4.79 Å². The molecular weight excluding hydrogens is 190 g/mol. The third-order valence-electron chi connectivity index (χ3n) is 2.09. The Hall–Kier alpha value is -1.64. The first-order valence-electron chi connectivity index (χ1n) is 5.01. The Balaban J connectivity index is 2.77. The van der Waals surface area contributed by atoms with Crippen molar-refractivity contribution in [3.05, 3.63) is 40.3 Å². The van der Waals surface area contributed by atoms with Crippen LogP contribution in [0, 0.1) is 0 Å². The lowest BCUT2D eigenvalue weighted by molar-refractivity contribution is -0.114. The number of ketones is 1. The highest BCUT2D eigenvalue weighted by Crippen LogP contribution is 1.99. The van der Waals surface area contributed by atoms with Crippen molar-refractivity contribution in [3.63, 3.8) is 0 Å². The molecule has 1 aromatic rings. The lowest BCUT2D eigenvalue weighted by Crippen LogP contribution is -2.14. The first-order chi connectivity index (χ1) is 7.13. The molecule has 0 radical (unpaired) electrons. The summed E-state index contributed by atoms with van der Waals surface area (Å²) in [6.07, 6.45) is 6.30. The minimum absolute atomic E-state index is 0.0694. The van der Waals surface area contributed by atoms with Crippen molar-refractivity contribution in [2.75, 3.05) is 0 Å². The highest BCUT2D eigenvalue weighted by Gasteiger charge is 1.95. The van der Waals surface area contributed by atoms with Gasteiger partial charge in [0, 0.05) is 25.7 Å². The molecular formula is C12H15NO2. The quantitative estimate of drug-likeness (QED) is 0.703. The van der Waals surface area contributed by atoms with Crippen molar-refractivity contribution in [2.45, 2.75) is 19.8 Å². The number of hydrogen-bond donors (Lipinski definition) is 0. The van der Waals surface area contributed by atoms with Crippen LogP contribution in [-0.2, 0) is 11.8 Å². The molecule has 0 aliphatic heterocycles. The zero-order valence-electron chi connectivity index (χ0n) is 9.06. The Morgan fingerprint density at radius 3 is 2.87 bits per heavy atom. The van der Waals surface area contributed by atoms with Crippen molar-refractivity contribution in [2.24, 2.45) is 7.05 Å². The molecule has 3 heteroatoms. The molecule has 0 saturated heterocycles. The minimum Gasteiger partial charge on any atom is -0.319 e. The number of carbonyl (C=O) groups is 1. The maximum absolute atomic E-state index is 11.3. The molecule has 0 aliphatic rings. The molecule has 0 fully saturated rings. The second-order valence-electron chi connectivity index (χ2n) is 3.46. The van der Waals surface area contributed by atoms with Gasteiger partial charge in [-0.25, -0.2) is 0 Å². The van der Waals surface area contributed by atoms with Crippen molar-refractivity contribution in [1.82, 2.24) is 4.57 Å². The van der Waals surface area contributed by atoms with Gasteiger partial charge < -0.3 is 4.57 Å². The third kappa shape index (κ3) is 3.54. The van der Waals surface area contributed by atoms with Gasteiger partial charge in [0.05, 0.1) is 0 Å². The van der Waals surface area contributed by atoms with Crippen LogP contribution in [-0.4, -0.2) is 10.4 Å². The van der Waals surface area contributed by atoms with Crippen LogP contribution >= 0.6 is 0 Å². The van der Waals surface area contributed by atoms with Gasteiger partial charge in [-0.3, -0.25) is 9.59 Å². The van der Waals surface area contributed by atoms with Crippen LogP contribution in [0.3, 0.4) is 0 Å². The molecule has 0 aromatic carbocycles. The molecule has 0 unspecified atom stereocenters. The molecule has 0 spiro atoms. The van der Waals surface area contributed by atoms with Crippen molar-refractivity contribution in [1.29, 1.82) is 0 Å². The maximum atomic E-state index is 11.3. The van der Waals surface area contributed by atoms with E-state index in [0.29, 0.717) is 6.42 Å². The lowest BCUT2D eigenvalue weighted by Gasteiger charge is -1.96. The normalized spacial score (nSPS) is 10.8. The van der Waals surface area contributed by atoms with Gasteiger partial charge in [-0.15, -0.1) is 0 Å². The third-order valence-corrected chi connectivity index (χ3v) is 2.09. The molecule has 0 amide bonds. The summed E-state index contributed by atoms with van der Waals surface area (Å²) in [5.74, 6) is 0.0955. The molecule has 0 aliphatic carbocycles. The van der Waals surface area contributed by atoms with Crippen LogP contribution in [0.15, 0.2) is 29.2 Å². The topological polar surface area (TPSA) is 39.1 Å². The SMILES string of the molecule is CCCC(=O)/C=C/c1ccn(C)c(=O)c1. The molecule has 1 heterocycles. The van der Waals surface area contributed by atoms with Crippen LogP contribution in [0.25, 0.3) is 6.08 Å². The van der Waals surface area contributed by atoms with Crippen molar-refractivity contribution in [3.8, 4) is 0 Å². The first-order valence-corrected chi connectivity index (χ1v) is 5.01. The van der Waals surface area contributed by atoms with Gasteiger partial charge in [-0.2, -0.15) is 0 Å². The summed E-state index contributed by atoms with van der Waals surface area (Å²) in [5, 5.41) is 0. The number of rotatable bonds is 4. The number of aryl methyl sites for hydroxylation is 1. The van der Waals surface area contributed by atoms with Gasteiger partial charge >= 0.3 is 0 Å². The van der Waals surface area contributed by atoms with Gasteiger partial charge in [-0.05, 0) is 24.1 Å². The highest BCUT2D eigenvalue weighted by molar-refractivity contribution is 5.93. The predicted molar refractivity (Wildman–Crippen MR) is 60.6 cm³/mol. The van der Waals surface area contributed by atoms with E-state index in [-0.39, 0.29) is 11.3 Å². The first kappa shape index (κ1) is 11.4. The highest BCUT2D eigenvalue weighted by atomic mass is 16.1. The Labute approximate surface area is 89.0 Å². The van der Waals surface area contributed by atoms with E-state index in [2.05, 4.69) is 0 Å². The number of carbonyl (C=O) groups excluding carboxylic acids is 1. The summed E-state index contributed by atoms with van der Waals surface area (Å²) >= 11 is 0.